The van der Waals surface area contributed by atoms with Gasteiger partial charge in [-0.05, 0) is 23.5 Å². The minimum Gasteiger partial charge on any atom is -0.449 e. The summed E-state index contributed by atoms with van der Waals surface area (Å²) >= 11 is 0. The molecule has 16 heavy (non-hydrogen) atoms. The van der Waals surface area contributed by atoms with Gasteiger partial charge in [-0.25, -0.2) is 4.79 Å². The van der Waals surface area contributed by atoms with E-state index in [2.05, 4.69) is 27.7 Å². The smallest absolute Gasteiger partial charge is 0.449 e. The van der Waals surface area contributed by atoms with Crippen LogP contribution in [-0.4, -0.2) is 11.3 Å². The van der Waals surface area contributed by atoms with E-state index in [1.165, 1.54) is 0 Å². The summed E-state index contributed by atoms with van der Waals surface area (Å²) in [6.07, 6.45) is -0.401. The molecule has 0 aliphatic rings. The SMILES string of the molecule is CCc1cccc(OC(=O)O)c1C(C)(C)C. The van der Waals surface area contributed by atoms with Crippen LogP contribution >= 0.6 is 0 Å². The highest BCUT2D eigenvalue weighted by Gasteiger charge is 2.23. The van der Waals surface area contributed by atoms with E-state index in [9.17, 15) is 4.79 Å². The summed E-state index contributed by atoms with van der Waals surface area (Å²) in [5.41, 5.74) is 1.98. The van der Waals surface area contributed by atoms with Gasteiger partial charge in [-0.2, -0.15) is 0 Å². The Morgan fingerprint density at radius 3 is 2.44 bits per heavy atom. The number of aryl methyl sites for hydroxylation is 1. The lowest BCUT2D eigenvalue weighted by molar-refractivity contribution is 0.143. The summed E-state index contributed by atoms with van der Waals surface area (Å²) in [6, 6.07) is 5.54. The molecule has 0 spiro atoms. The van der Waals surface area contributed by atoms with Gasteiger partial charge >= 0.3 is 6.16 Å². The number of rotatable bonds is 2. The third-order valence-corrected chi connectivity index (χ3v) is 2.44. The van der Waals surface area contributed by atoms with Gasteiger partial charge in [0.25, 0.3) is 0 Å². The molecule has 0 aromatic heterocycles. The number of hydrogen-bond acceptors (Lipinski definition) is 2. The number of benzene rings is 1. The van der Waals surface area contributed by atoms with Crippen molar-refractivity contribution in [2.24, 2.45) is 0 Å². The second kappa shape index (κ2) is 4.56. The van der Waals surface area contributed by atoms with Crippen molar-refractivity contribution in [2.45, 2.75) is 39.5 Å². The minimum absolute atomic E-state index is 0.128. The standard InChI is InChI=1S/C13H18O3/c1-5-9-7-6-8-10(16-12(14)15)11(9)13(2,3)4/h6-8H,5H2,1-4H3,(H,14,15). The van der Waals surface area contributed by atoms with Gasteiger partial charge in [0, 0.05) is 5.56 Å². The average molecular weight is 222 g/mol. The summed E-state index contributed by atoms with van der Waals surface area (Å²) in [4.78, 5) is 10.6. The Labute approximate surface area is 96.1 Å². The quantitative estimate of drug-likeness (QED) is 0.614. The summed E-state index contributed by atoms with van der Waals surface area (Å²) in [5, 5.41) is 8.70. The van der Waals surface area contributed by atoms with Crippen molar-refractivity contribution in [1.29, 1.82) is 0 Å². The maximum absolute atomic E-state index is 10.6. The first-order chi connectivity index (χ1) is 7.36. The van der Waals surface area contributed by atoms with Gasteiger partial charge in [0.15, 0.2) is 0 Å². The number of ether oxygens (including phenoxy) is 1. The van der Waals surface area contributed by atoms with Crippen LogP contribution in [0.25, 0.3) is 0 Å². The van der Waals surface area contributed by atoms with Crippen molar-refractivity contribution in [3.05, 3.63) is 29.3 Å². The Kier molecular flexibility index (Phi) is 3.58. The molecule has 1 aromatic carbocycles. The molecule has 1 N–H and O–H groups in total. The van der Waals surface area contributed by atoms with Crippen molar-refractivity contribution in [1.82, 2.24) is 0 Å². The summed E-state index contributed by atoms with van der Waals surface area (Å²) < 4.78 is 4.83. The van der Waals surface area contributed by atoms with E-state index in [4.69, 9.17) is 9.84 Å². The third-order valence-electron chi connectivity index (χ3n) is 2.44. The van der Waals surface area contributed by atoms with Crippen LogP contribution in [0.15, 0.2) is 18.2 Å². The second-order valence-corrected chi connectivity index (χ2v) is 4.76. The van der Waals surface area contributed by atoms with Crippen molar-refractivity contribution in [2.75, 3.05) is 0 Å². The lowest BCUT2D eigenvalue weighted by Crippen LogP contribution is -2.17. The number of carboxylic acid groups (broad SMARTS) is 1. The topological polar surface area (TPSA) is 46.5 Å². The van der Waals surface area contributed by atoms with Gasteiger partial charge in [0.1, 0.15) is 5.75 Å². The van der Waals surface area contributed by atoms with E-state index in [1.807, 2.05) is 12.1 Å². The molecule has 0 fully saturated rings. The molecule has 0 heterocycles. The van der Waals surface area contributed by atoms with Gasteiger partial charge in [-0.1, -0.05) is 39.8 Å². The first-order valence-corrected chi connectivity index (χ1v) is 5.39. The van der Waals surface area contributed by atoms with Gasteiger partial charge in [0.2, 0.25) is 0 Å². The van der Waals surface area contributed by atoms with E-state index < -0.39 is 6.16 Å². The molecule has 0 aliphatic heterocycles. The molecule has 0 saturated heterocycles. The van der Waals surface area contributed by atoms with Crippen LogP contribution in [0.1, 0.15) is 38.8 Å². The highest BCUT2D eigenvalue weighted by atomic mass is 16.7. The molecule has 0 saturated carbocycles. The number of carbonyl (C=O) groups is 1. The molecule has 0 atom stereocenters. The Bertz CT molecular complexity index is 389. The van der Waals surface area contributed by atoms with Crippen LogP contribution in [0.2, 0.25) is 0 Å². The predicted molar refractivity (Wildman–Crippen MR) is 63.2 cm³/mol. The number of hydrogen-bond donors (Lipinski definition) is 1. The predicted octanol–water partition coefficient (Wildman–Crippen LogP) is 3.60. The Morgan fingerprint density at radius 2 is 2.00 bits per heavy atom. The maximum Gasteiger partial charge on any atom is 0.511 e. The summed E-state index contributed by atoms with van der Waals surface area (Å²) in [6.45, 7) is 8.21. The molecule has 0 amide bonds. The third kappa shape index (κ3) is 2.75. The molecule has 88 valence electrons. The summed E-state index contributed by atoms with van der Waals surface area (Å²) in [5.74, 6) is 0.444. The van der Waals surface area contributed by atoms with E-state index in [-0.39, 0.29) is 5.41 Å². The fourth-order valence-corrected chi connectivity index (χ4v) is 1.90. The molecule has 0 aliphatic carbocycles. The fraction of sp³-hybridized carbons (Fsp3) is 0.462. The lowest BCUT2D eigenvalue weighted by Gasteiger charge is -2.24. The van der Waals surface area contributed by atoms with E-state index in [1.54, 1.807) is 6.07 Å². The molecule has 3 nitrogen and oxygen atoms in total. The van der Waals surface area contributed by atoms with E-state index in [0.717, 1.165) is 17.5 Å². The zero-order valence-corrected chi connectivity index (χ0v) is 10.2. The Hall–Kier alpha value is -1.51. The van der Waals surface area contributed by atoms with Crippen LogP contribution in [0.4, 0.5) is 4.79 Å². The molecule has 0 unspecified atom stereocenters. The zero-order chi connectivity index (χ0) is 12.3. The first-order valence-electron chi connectivity index (χ1n) is 5.39. The molecule has 3 heteroatoms. The van der Waals surface area contributed by atoms with Gasteiger partial charge < -0.3 is 9.84 Å². The van der Waals surface area contributed by atoms with Crippen LogP contribution in [0, 0.1) is 0 Å². The van der Waals surface area contributed by atoms with Crippen LogP contribution in [0.5, 0.6) is 5.75 Å². The van der Waals surface area contributed by atoms with Gasteiger partial charge in [-0.15, -0.1) is 0 Å². The average Bonchev–Trinajstić information content (AvgIpc) is 2.14. The fourth-order valence-electron chi connectivity index (χ4n) is 1.90. The summed E-state index contributed by atoms with van der Waals surface area (Å²) in [7, 11) is 0. The van der Waals surface area contributed by atoms with Crippen LogP contribution < -0.4 is 4.74 Å². The van der Waals surface area contributed by atoms with E-state index in [0.29, 0.717) is 5.75 Å². The second-order valence-electron chi connectivity index (χ2n) is 4.76. The molecular weight excluding hydrogens is 204 g/mol. The zero-order valence-electron chi connectivity index (χ0n) is 10.2. The van der Waals surface area contributed by atoms with Gasteiger partial charge in [-0.3, -0.25) is 0 Å². The van der Waals surface area contributed by atoms with Crippen LogP contribution in [0.3, 0.4) is 0 Å². The van der Waals surface area contributed by atoms with Crippen molar-refractivity contribution in [3.8, 4) is 5.75 Å². The molecular formula is C13H18O3. The minimum atomic E-state index is -1.27. The maximum atomic E-state index is 10.6. The highest BCUT2D eigenvalue weighted by Crippen LogP contribution is 2.34. The Morgan fingerprint density at radius 1 is 1.38 bits per heavy atom. The van der Waals surface area contributed by atoms with Crippen molar-refractivity contribution < 1.29 is 14.6 Å². The van der Waals surface area contributed by atoms with Crippen molar-refractivity contribution >= 4 is 6.16 Å². The largest absolute Gasteiger partial charge is 0.511 e. The molecule has 1 aromatic rings. The van der Waals surface area contributed by atoms with Gasteiger partial charge in [0.05, 0.1) is 0 Å². The normalized spacial score (nSPS) is 11.2. The highest BCUT2D eigenvalue weighted by molar-refractivity contribution is 5.63. The van der Waals surface area contributed by atoms with E-state index >= 15 is 0 Å². The molecule has 0 radical (unpaired) electrons. The first kappa shape index (κ1) is 12.6. The van der Waals surface area contributed by atoms with Crippen LogP contribution in [-0.2, 0) is 11.8 Å². The lowest BCUT2D eigenvalue weighted by atomic mass is 9.82. The Balaban J connectivity index is 3.32. The molecule has 1 rings (SSSR count). The molecule has 0 bridgehead atoms. The monoisotopic (exact) mass is 222 g/mol. The van der Waals surface area contributed by atoms with Crippen molar-refractivity contribution in [3.63, 3.8) is 0 Å².